The molecule has 1 aromatic carbocycles. The van der Waals surface area contributed by atoms with Crippen LogP contribution in [-0.2, 0) is 6.61 Å². The lowest BCUT2D eigenvalue weighted by Gasteiger charge is -2.06. The van der Waals surface area contributed by atoms with Gasteiger partial charge in [-0.15, -0.1) is 0 Å². The normalized spacial score (nSPS) is 10.9. The van der Waals surface area contributed by atoms with Crippen LogP contribution in [-0.4, -0.2) is 9.78 Å². The van der Waals surface area contributed by atoms with E-state index in [0.29, 0.717) is 11.3 Å². The van der Waals surface area contributed by atoms with Gasteiger partial charge < -0.3 is 4.74 Å². The van der Waals surface area contributed by atoms with Gasteiger partial charge in [0.05, 0.1) is 17.4 Å². The molecule has 0 unspecified atom stereocenters. The second-order valence-electron chi connectivity index (χ2n) is 4.25. The van der Waals surface area contributed by atoms with Crippen molar-refractivity contribution in [2.24, 2.45) is 0 Å². The molecule has 0 spiro atoms. The Balaban J connectivity index is 2.04. The molecule has 2 rings (SSSR count). The molecule has 18 heavy (non-hydrogen) atoms. The molecule has 0 amide bonds. The predicted molar refractivity (Wildman–Crippen MR) is 68.4 cm³/mol. The van der Waals surface area contributed by atoms with Gasteiger partial charge in [0.25, 0.3) is 0 Å². The van der Waals surface area contributed by atoms with Crippen LogP contribution in [0.25, 0.3) is 0 Å². The van der Waals surface area contributed by atoms with Crippen molar-refractivity contribution in [1.82, 2.24) is 9.78 Å². The quantitative estimate of drug-likeness (QED) is 0.842. The predicted octanol–water partition coefficient (Wildman–Crippen LogP) is 3.84. The average molecular weight is 269 g/mol. The first-order valence-electron chi connectivity index (χ1n) is 5.67. The van der Waals surface area contributed by atoms with Crippen LogP contribution in [0.5, 0.6) is 5.75 Å². The zero-order valence-electron chi connectivity index (χ0n) is 10.2. The summed E-state index contributed by atoms with van der Waals surface area (Å²) in [6.07, 6.45) is 3.44. The molecule has 0 N–H and O–H groups in total. The smallest absolute Gasteiger partial charge is 0.157 e. The number of hydrogen-bond acceptors (Lipinski definition) is 2. The summed E-state index contributed by atoms with van der Waals surface area (Å²) >= 11 is 5.84. The molecule has 5 heteroatoms. The van der Waals surface area contributed by atoms with Crippen LogP contribution in [0.2, 0.25) is 5.02 Å². The second-order valence-corrected chi connectivity index (χ2v) is 4.63. The third-order valence-electron chi connectivity index (χ3n) is 2.53. The SMILES string of the molecule is CC(C)n1cc(OCc2cccc(F)c2Cl)cn1. The molecule has 0 aliphatic heterocycles. The molecule has 1 heterocycles. The fourth-order valence-electron chi connectivity index (χ4n) is 1.50. The van der Waals surface area contributed by atoms with Gasteiger partial charge in [-0.25, -0.2) is 4.39 Å². The number of benzene rings is 1. The van der Waals surface area contributed by atoms with Crippen LogP contribution in [0, 0.1) is 5.82 Å². The maximum Gasteiger partial charge on any atom is 0.157 e. The maximum absolute atomic E-state index is 13.2. The maximum atomic E-state index is 13.2. The van der Waals surface area contributed by atoms with Crippen molar-refractivity contribution in [2.45, 2.75) is 26.5 Å². The highest BCUT2D eigenvalue weighted by atomic mass is 35.5. The molecule has 0 saturated heterocycles. The highest BCUT2D eigenvalue weighted by Gasteiger charge is 2.07. The molecule has 0 aliphatic rings. The summed E-state index contributed by atoms with van der Waals surface area (Å²) in [5.74, 6) is 0.208. The lowest BCUT2D eigenvalue weighted by atomic mass is 10.2. The number of nitrogens with zero attached hydrogens (tertiary/aromatic N) is 2. The average Bonchev–Trinajstić information content (AvgIpc) is 2.80. The van der Waals surface area contributed by atoms with E-state index in [1.165, 1.54) is 6.07 Å². The van der Waals surface area contributed by atoms with E-state index in [1.54, 1.807) is 29.2 Å². The Morgan fingerprint density at radius 2 is 2.22 bits per heavy atom. The van der Waals surface area contributed by atoms with Crippen molar-refractivity contribution in [3.63, 3.8) is 0 Å². The second kappa shape index (κ2) is 5.40. The van der Waals surface area contributed by atoms with Crippen LogP contribution in [0.1, 0.15) is 25.5 Å². The molecule has 1 aromatic heterocycles. The minimum atomic E-state index is -0.435. The first-order valence-corrected chi connectivity index (χ1v) is 6.05. The topological polar surface area (TPSA) is 27.1 Å². The van der Waals surface area contributed by atoms with Gasteiger partial charge in [0.15, 0.2) is 5.75 Å². The van der Waals surface area contributed by atoms with Crippen molar-refractivity contribution >= 4 is 11.6 Å². The first kappa shape index (κ1) is 12.9. The Kier molecular flexibility index (Phi) is 3.87. The zero-order valence-corrected chi connectivity index (χ0v) is 11.0. The summed E-state index contributed by atoms with van der Waals surface area (Å²) in [7, 11) is 0. The van der Waals surface area contributed by atoms with E-state index in [4.69, 9.17) is 16.3 Å². The Hall–Kier alpha value is -1.55. The fourth-order valence-corrected chi connectivity index (χ4v) is 1.68. The van der Waals surface area contributed by atoms with Gasteiger partial charge in [-0.3, -0.25) is 4.68 Å². The van der Waals surface area contributed by atoms with Crippen LogP contribution < -0.4 is 4.74 Å². The minimum absolute atomic E-state index is 0.105. The number of halogens is 2. The number of ether oxygens (including phenoxy) is 1. The Morgan fingerprint density at radius 1 is 1.44 bits per heavy atom. The van der Waals surface area contributed by atoms with Gasteiger partial charge >= 0.3 is 0 Å². The third-order valence-corrected chi connectivity index (χ3v) is 2.96. The summed E-state index contributed by atoms with van der Waals surface area (Å²) < 4.78 is 20.5. The van der Waals surface area contributed by atoms with Gasteiger partial charge in [-0.2, -0.15) is 5.10 Å². The van der Waals surface area contributed by atoms with E-state index in [9.17, 15) is 4.39 Å². The molecule has 3 nitrogen and oxygen atoms in total. The molecule has 96 valence electrons. The van der Waals surface area contributed by atoms with Crippen molar-refractivity contribution in [3.05, 3.63) is 47.0 Å². The third kappa shape index (κ3) is 2.82. The monoisotopic (exact) mass is 268 g/mol. The molecule has 0 aliphatic carbocycles. The summed E-state index contributed by atoms with van der Waals surface area (Å²) in [5.41, 5.74) is 0.619. The Bertz CT molecular complexity index is 540. The molecule has 2 aromatic rings. The first-order chi connectivity index (χ1) is 8.58. The highest BCUT2D eigenvalue weighted by Crippen LogP contribution is 2.21. The van der Waals surface area contributed by atoms with Gasteiger partial charge in [0.2, 0.25) is 0 Å². The number of hydrogen-bond donors (Lipinski definition) is 0. The summed E-state index contributed by atoms with van der Waals surface area (Å²) in [6.45, 7) is 4.28. The number of rotatable bonds is 4. The molecule has 0 radical (unpaired) electrons. The zero-order chi connectivity index (χ0) is 13.1. The van der Waals surface area contributed by atoms with Gasteiger partial charge in [-0.05, 0) is 19.9 Å². The minimum Gasteiger partial charge on any atom is -0.486 e. The standard InChI is InChI=1S/C13H14ClFN2O/c1-9(2)17-7-11(6-16-17)18-8-10-4-3-5-12(15)13(10)14/h3-7,9H,8H2,1-2H3. The van der Waals surface area contributed by atoms with E-state index < -0.39 is 5.82 Å². The van der Waals surface area contributed by atoms with E-state index in [-0.39, 0.29) is 17.7 Å². The van der Waals surface area contributed by atoms with Crippen LogP contribution in [0.15, 0.2) is 30.6 Å². The van der Waals surface area contributed by atoms with Crippen molar-refractivity contribution in [1.29, 1.82) is 0 Å². The van der Waals surface area contributed by atoms with Gasteiger partial charge in [0, 0.05) is 11.6 Å². The lowest BCUT2D eigenvalue weighted by Crippen LogP contribution is -2.00. The molecule has 0 atom stereocenters. The molecular weight excluding hydrogens is 255 g/mol. The Morgan fingerprint density at radius 3 is 2.89 bits per heavy atom. The number of aromatic nitrogens is 2. The largest absolute Gasteiger partial charge is 0.486 e. The van der Waals surface area contributed by atoms with E-state index in [0.717, 1.165) is 0 Å². The summed E-state index contributed by atoms with van der Waals surface area (Å²) in [4.78, 5) is 0. The van der Waals surface area contributed by atoms with E-state index in [2.05, 4.69) is 5.10 Å². The van der Waals surface area contributed by atoms with Crippen molar-refractivity contribution in [3.8, 4) is 5.75 Å². The van der Waals surface area contributed by atoms with Crippen molar-refractivity contribution in [2.75, 3.05) is 0 Å². The van der Waals surface area contributed by atoms with Crippen molar-refractivity contribution < 1.29 is 9.13 Å². The van der Waals surface area contributed by atoms with Crippen LogP contribution in [0.3, 0.4) is 0 Å². The molecule has 0 saturated carbocycles. The Labute approximate surface area is 110 Å². The molecule has 0 bridgehead atoms. The van der Waals surface area contributed by atoms with Gasteiger partial charge in [-0.1, -0.05) is 23.7 Å². The fraction of sp³-hybridized carbons (Fsp3) is 0.308. The van der Waals surface area contributed by atoms with E-state index in [1.807, 2.05) is 13.8 Å². The molecular formula is C13H14ClFN2O. The summed E-state index contributed by atoms with van der Waals surface area (Å²) in [5, 5.41) is 4.26. The van der Waals surface area contributed by atoms with Crippen LogP contribution >= 0.6 is 11.6 Å². The van der Waals surface area contributed by atoms with E-state index >= 15 is 0 Å². The van der Waals surface area contributed by atoms with Crippen LogP contribution in [0.4, 0.5) is 4.39 Å². The highest BCUT2D eigenvalue weighted by molar-refractivity contribution is 6.31. The lowest BCUT2D eigenvalue weighted by molar-refractivity contribution is 0.305. The van der Waals surface area contributed by atoms with Gasteiger partial charge in [0.1, 0.15) is 12.4 Å². The molecule has 0 fully saturated rings. The summed E-state index contributed by atoms with van der Waals surface area (Å²) in [6, 6.07) is 4.94.